The van der Waals surface area contributed by atoms with E-state index in [2.05, 4.69) is 5.32 Å². The summed E-state index contributed by atoms with van der Waals surface area (Å²) >= 11 is 0. The maximum absolute atomic E-state index is 14.6. The Bertz CT molecular complexity index is 868. The van der Waals surface area contributed by atoms with Crippen LogP contribution in [0.5, 0.6) is 0 Å². The number of halogens is 2. The minimum absolute atomic E-state index is 0.0891. The van der Waals surface area contributed by atoms with E-state index in [1.807, 2.05) is 13.8 Å². The summed E-state index contributed by atoms with van der Waals surface area (Å²) < 4.78 is 32.9. The molecule has 0 radical (unpaired) electrons. The van der Waals surface area contributed by atoms with E-state index >= 15 is 0 Å². The van der Waals surface area contributed by atoms with E-state index in [0.29, 0.717) is 29.8 Å². The second-order valence-corrected chi connectivity index (χ2v) is 7.36. The molecule has 4 nitrogen and oxygen atoms in total. The molecule has 1 aliphatic carbocycles. The molecule has 26 heavy (non-hydrogen) atoms. The third-order valence-corrected chi connectivity index (χ3v) is 5.18. The van der Waals surface area contributed by atoms with Crippen molar-refractivity contribution in [2.45, 2.75) is 39.5 Å². The van der Waals surface area contributed by atoms with Crippen LogP contribution < -0.4 is 5.32 Å². The smallest absolute Gasteiger partial charge is 0.336 e. The SMILES string of the molecule is COC(=O)C1=C(C)NC2=C(C(=O)C(C)(C)CC2)C1c1ccc(F)cc1F. The normalized spacial score (nSPS) is 22.1. The van der Waals surface area contributed by atoms with Crippen LogP contribution in [0, 0.1) is 17.0 Å². The number of nitrogens with one attached hydrogen (secondary N) is 1. The highest BCUT2D eigenvalue weighted by molar-refractivity contribution is 6.06. The number of hydrogen-bond acceptors (Lipinski definition) is 4. The van der Waals surface area contributed by atoms with E-state index in [1.165, 1.54) is 13.2 Å². The molecule has 0 saturated heterocycles. The molecule has 0 amide bonds. The summed E-state index contributed by atoms with van der Waals surface area (Å²) in [5.41, 5.74) is 1.19. The number of benzene rings is 1. The number of dihydropyridines is 1. The number of ketones is 1. The van der Waals surface area contributed by atoms with Crippen LogP contribution in [0.2, 0.25) is 0 Å². The summed E-state index contributed by atoms with van der Waals surface area (Å²) in [5, 5.41) is 3.12. The van der Waals surface area contributed by atoms with Crippen molar-refractivity contribution in [3.8, 4) is 0 Å². The molecule has 2 aliphatic rings. The summed E-state index contributed by atoms with van der Waals surface area (Å²) in [6.07, 6.45) is 1.26. The number of esters is 1. The maximum Gasteiger partial charge on any atom is 0.336 e. The molecule has 0 bridgehead atoms. The minimum Gasteiger partial charge on any atom is -0.466 e. The second-order valence-electron chi connectivity index (χ2n) is 7.36. The van der Waals surface area contributed by atoms with Gasteiger partial charge in [0, 0.05) is 34.0 Å². The molecule has 1 aromatic carbocycles. The lowest BCUT2D eigenvalue weighted by Crippen LogP contribution is -2.40. The Morgan fingerprint density at radius 2 is 2.00 bits per heavy atom. The number of allylic oxidation sites excluding steroid dienone is 3. The zero-order chi connectivity index (χ0) is 19.2. The first-order valence-corrected chi connectivity index (χ1v) is 8.46. The zero-order valence-electron chi connectivity index (χ0n) is 15.2. The predicted molar refractivity (Wildman–Crippen MR) is 92.0 cm³/mol. The minimum atomic E-state index is -0.925. The first-order valence-electron chi connectivity index (χ1n) is 8.46. The molecule has 1 aromatic rings. The fourth-order valence-electron chi connectivity index (χ4n) is 3.70. The second kappa shape index (κ2) is 6.34. The number of hydrogen-bond donors (Lipinski definition) is 1. The summed E-state index contributed by atoms with van der Waals surface area (Å²) in [7, 11) is 1.23. The average Bonchev–Trinajstić information content (AvgIpc) is 2.57. The summed E-state index contributed by atoms with van der Waals surface area (Å²) in [4.78, 5) is 25.6. The number of rotatable bonds is 2. The van der Waals surface area contributed by atoms with Crippen molar-refractivity contribution >= 4 is 11.8 Å². The monoisotopic (exact) mass is 361 g/mol. The van der Waals surface area contributed by atoms with Gasteiger partial charge in [0.2, 0.25) is 0 Å². The van der Waals surface area contributed by atoms with E-state index in [1.54, 1.807) is 6.92 Å². The van der Waals surface area contributed by atoms with E-state index in [0.717, 1.165) is 12.1 Å². The van der Waals surface area contributed by atoms with Gasteiger partial charge in [-0.25, -0.2) is 13.6 Å². The molecule has 1 atom stereocenters. The van der Waals surface area contributed by atoms with E-state index < -0.39 is 28.9 Å². The van der Waals surface area contributed by atoms with Crippen LogP contribution in [0.1, 0.15) is 45.1 Å². The fourth-order valence-corrected chi connectivity index (χ4v) is 3.70. The highest BCUT2D eigenvalue weighted by Crippen LogP contribution is 2.47. The molecule has 3 rings (SSSR count). The van der Waals surface area contributed by atoms with Gasteiger partial charge in [-0.15, -0.1) is 0 Å². The van der Waals surface area contributed by atoms with Crippen LogP contribution in [0.4, 0.5) is 8.78 Å². The van der Waals surface area contributed by atoms with Crippen LogP contribution >= 0.6 is 0 Å². The van der Waals surface area contributed by atoms with Gasteiger partial charge in [0.15, 0.2) is 5.78 Å². The van der Waals surface area contributed by atoms with Crippen LogP contribution in [0.3, 0.4) is 0 Å². The van der Waals surface area contributed by atoms with Crippen LogP contribution in [0.15, 0.2) is 40.7 Å². The molecule has 0 saturated carbocycles. The quantitative estimate of drug-likeness (QED) is 0.816. The third-order valence-electron chi connectivity index (χ3n) is 5.18. The van der Waals surface area contributed by atoms with Gasteiger partial charge in [0.05, 0.1) is 18.6 Å². The Kier molecular flexibility index (Phi) is 4.46. The van der Waals surface area contributed by atoms with Gasteiger partial charge < -0.3 is 10.1 Å². The summed E-state index contributed by atoms with van der Waals surface area (Å²) in [6, 6.07) is 3.18. The van der Waals surface area contributed by atoms with Crippen molar-refractivity contribution in [1.82, 2.24) is 5.32 Å². The van der Waals surface area contributed by atoms with E-state index in [-0.39, 0.29) is 16.9 Å². The third kappa shape index (κ3) is 2.83. The lowest BCUT2D eigenvalue weighted by atomic mass is 9.67. The zero-order valence-corrected chi connectivity index (χ0v) is 15.2. The van der Waals surface area contributed by atoms with E-state index in [9.17, 15) is 18.4 Å². The molecule has 1 heterocycles. The van der Waals surface area contributed by atoms with E-state index in [4.69, 9.17) is 4.74 Å². The van der Waals surface area contributed by atoms with Gasteiger partial charge >= 0.3 is 5.97 Å². The number of ether oxygens (including phenoxy) is 1. The number of carbonyl (C=O) groups excluding carboxylic acids is 2. The predicted octanol–water partition coefficient (Wildman–Crippen LogP) is 3.74. The van der Waals surface area contributed by atoms with Crippen LogP contribution in [0.25, 0.3) is 0 Å². The van der Waals surface area contributed by atoms with Gasteiger partial charge in [-0.05, 0) is 25.8 Å². The van der Waals surface area contributed by atoms with Crippen molar-refractivity contribution in [3.63, 3.8) is 0 Å². The largest absolute Gasteiger partial charge is 0.466 e. The topological polar surface area (TPSA) is 55.4 Å². The van der Waals surface area contributed by atoms with Crippen molar-refractivity contribution in [2.75, 3.05) is 7.11 Å². The highest BCUT2D eigenvalue weighted by Gasteiger charge is 2.45. The molecule has 138 valence electrons. The Morgan fingerprint density at radius 3 is 2.62 bits per heavy atom. The molecule has 1 unspecified atom stereocenters. The molecule has 0 spiro atoms. The Morgan fingerprint density at radius 1 is 1.31 bits per heavy atom. The molecule has 1 N–H and O–H groups in total. The molecular formula is C20H21F2NO3. The number of methoxy groups -OCH3 is 1. The molecular weight excluding hydrogens is 340 g/mol. The van der Waals surface area contributed by atoms with Crippen LogP contribution in [-0.4, -0.2) is 18.9 Å². The van der Waals surface area contributed by atoms with Gasteiger partial charge in [-0.2, -0.15) is 0 Å². The van der Waals surface area contributed by atoms with Gasteiger partial charge in [0.25, 0.3) is 0 Å². The van der Waals surface area contributed by atoms with Gasteiger partial charge in [-0.1, -0.05) is 19.9 Å². The van der Waals surface area contributed by atoms with Crippen LogP contribution in [-0.2, 0) is 14.3 Å². The molecule has 0 aromatic heterocycles. The molecule has 6 heteroatoms. The van der Waals surface area contributed by atoms with Gasteiger partial charge in [0.1, 0.15) is 11.6 Å². The van der Waals surface area contributed by atoms with Crippen molar-refractivity contribution < 1.29 is 23.1 Å². The highest BCUT2D eigenvalue weighted by atomic mass is 19.1. The lowest BCUT2D eigenvalue weighted by Gasteiger charge is -2.39. The summed E-state index contributed by atoms with van der Waals surface area (Å²) in [5.74, 6) is -3.23. The number of carbonyl (C=O) groups is 2. The van der Waals surface area contributed by atoms with Gasteiger partial charge in [-0.3, -0.25) is 4.79 Å². The first kappa shape index (κ1) is 18.3. The standard InChI is InChI=1S/C20H21F2NO3/c1-10-15(19(25)26-4)16(12-6-5-11(21)9-13(12)22)17-14(23-10)7-8-20(2,3)18(17)24/h5-6,9,16,23H,7-8H2,1-4H3. The number of Topliss-reactive ketones (excluding diaryl/α,β-unsaturated/α-hetero) is 1. The van der Waals surface area contributed by atoms with Crippen molar-refractivity contribution in [2.24, 2.45) is 5.41 Å². The maximum atomic E-state index is 14.6. The Labute approximate surface area is 150 Å². The van der Waals surface area contributed by atoms with Crippen molar-refractivity contribution in [3.05, 3.63) is 57.9 Å². The average molecular weight is 361 g/mol. The fraction of sp³-hybridized carbons (Fsp3) is 0.400. The molecule has 1 aliphatic heterocycles. The Balaban J connectivity index is 2.26. The lowest BCUT2D eigenvalue weighted by molar-refractivity contribution is -0.136. The summed E-state index contributed by atoms with van der Waals surface area (Å²) in [6.45, 7) is 5.36. The Hall–Kier alpha value is -2.50. The molecule has 0 fully saturated rings. The first-order chi connectivity index (χ1) is 12.2. The van der Waals surface area contributed by atoms with Crippen molar-refractivity contribution in [1.29, 1.82) is 0 Å².